The molecule has 0 unspecified atom stereocenters. The SMILES string of the molecule is CCCCOc1ccc(C(=O)NNC(=O)COc2ccc(C)cc2)cc1Br. The number of halogens is 1. The van der Waals surface area contributed by atoms with E-state index in [1.165, 1.54) is 0 Å². The normalized spacial score (nSPS) is 10.2. The Morgan fingerprint density at radius 2 is 1.78 bits per heavy atom. The lowest BCUT2D eigenvalue weighted by Gasteiger charge is -2.11. The fraction of sp³-hybridized carbons (Fsp3) is 0.300. The van der Waals surface area contributed by atoms with E-state index in [1.807, 2.05) is 19.1 Å². The number of hydrogen-bond acceptors (Lipinski definition) is 4. The first-order valence-electron chi connectivity index (χ1n) is 8.70. The van der Waals surface area contributed by atoms with Crippen molar-refractivity contribution in [3.63, 3.8) is 0 Å². The lowest BCUT2D eigenvalue weighted by atomic mass is 10.2. The van der Waals surface area contributed by atoms with Gasteiger partial charge < -0.3 is 9.47 Å². The van der Waals surface area contributed by atoms with Crippen LogP contribution >= 0.6 is 15.9 Å². The molecule has 6 nitrogen and oxygen atoms in total. The van der Waals surface area contributed by atoms with E-state index in [0.29, 0.717) is 28.1 Å². The van der Waals surface area contributed by atoms with E-state index in [9.17, 15) is 9.59 Å². The van der Waals surface area contributed by atoms with E-state index in [-0.39, 0.29) is 6.61 Å². The maximum atomic E-state index is 12.2. The van der Waals surface area contributed by atoms with Crippen molar-refractivity contribution in [2.24, 2.45) is 0 Å². The quantitative estimate of drug-likeness (QED) is 0.489. The second-order valence-corrected chi connectivity index (χ2v) is 6.81. The Morgan fingerprint density at radius 1 is 1.04 bits per heavy atom. The molecular weight excluding hydrogens is 412 g/mol. The van der Waals surface area contributed by atoms with Crippen LogP contribution < -0.4 is 20.3 Å². The van der Waals surface area contributed by atoms with Gasteiger partial charge in [-0.15, -0.1) is 0 Å². The molecule has 0 aliphatic carbocycles. The average Bonchev–Trinajstić information content (AvgIpc) is 2.67. The molecule has 0 spiro atoms. The highest BCUT2D eigenvalue weighted by atomic mass is 79.9. The van der Waals surface area contributed by atoms with E-state index in [1.54, 1.807) is 30.3 Å². The summed E-state index contributed by atoms with van der Waals surface area (Å²) in [5.41, 5.74) is 6.19. The topological polar surface area (TPSA) is 76.7 Å². The Hall–Kier alpha value is -2.54. The van der Waals surface area contributed by atoms with Crippen LogP contribution in [0.15, 0.2) is 46.9 Å². The van der Waals surface area contributed by atoms with Crippen LogP contribution in [-0.2, 0) is 4.79 Å². The second kappa shape index (κ2) is 10.6. The monoisotopic (exact) mass is 434 g/mol. The van der Waals surface area contributed by atoms with Gasteiger partial charge in [0.1, 0.15) is 11.5 Å². The summed E-state index contributed by atoms with van der Waals surface area (Å²) in [6.45, 7) is 4.48. The predicted molar refractivity (Wildman–Crippen MR) is 107 cm³/mol. The molecule has 2 aromatic rings. The maximum absolute atomic E-state index is 12.2. The molecule has 2 aromatic carbocycles. The van der Waals surface area contributed by atoms with Gasteiger partial charge in [0.15, 0.2) is 6.61 Å². The Bertz CT molecular complexity index is 778. The van der Waals surface area contributed by atoms with Crippen LogP contribution in [0, 0.1) is 6.92 Å². The minimum Gasteiger partial charge on any atom is -0.492 e. The van der Waals surface area contributed by atoms with Gasteiger partial charge in [-0.2, -0.15) is 0 Å². The average molecular weight is 435 g/mol. The van der Waals surface area contributed by atoms with Gasteiger partial charge in [-0.05, 0) is 59.6 Å². The van der Waals surface area contributed by atoms with Crippen molar-refractivity contribution >= 4 is 27.7 Å². The number of hydrogen-bond donors (Lipinski definition) is 2. The van der Waals surface area contributed by atoms with E-state index < -0.39 is 11.8 Å². The van der Waals surface area contributed by atoms with Gasteiger partial charge in [0, 0.05) is 5.56 Å². The zero-order valence-corrected chi connectivity index (χ0v) is 17.0. The van der Waals surface area contributed by atoms with Crippen LogP contribution in [0.1, 0.15) is 35.7 Å². The number of aryl methyl sites for hydroxylation is 1. The fourth-order valence-electron chi connectivity index (χ4n) is 2.10. The summed E-state index contributed by atoms with van der Waals surface area (Å²) in [6.07, 6.45) is 2.01. The summed E-state index contributed by atoms with van der Waals surface area (Å²) in [5, 5.41) is 0. The van der Waals surface area contributed by atoms with Crippen molar-refractivity contribution in [3.8, 4) is 11.5 Å². The molecular formula is C20H23BrN2O4. The third kappa shape index (κ3) is 6.94. The Balaban J connectivity index is 1.79. The number of nitrogens with one attached hydrogen (secondary N) is 2. The van der Waals surface area contributed by atoms with Gasteiger partial charge in [0.25, 0.3) is 11.8 Å². The largest absolute Gasteiger partial charge is 0.492 e. The van der Waals surface area contributed by atoms with Crippen molar-refractivity contribution in [2.45, 2.75) is 26.7 Å². The second-order valence-electron chi connectivity index (χ2n) is 5.95. The van der Waals surface area contributed by atoms with Gasteiger partial charge >= 0.3 is 0 Å². The lowest BCUT2D eigenvalue weighted by molar-refractivity contribution is -0.123. The Kier molecular flexibility index (Phi) is 8.13. The predicted octanol–water partition coefficient (Wildman–Crippen LogP) is 3.78. The first kappa shape index (κ1) is 20.8. The van der Waals surface area contributed by atoms with Crippen LogP contribution in [-0.4, -0.2) is 25.0 Å². The number of benzene rings is 2. The van der Waals surface area contributed by atoms with Crippen molar-refractivity contribution in [1.29, 1.82) is 0 Å². The summed E-state index contributed by atoms with van der Waals surface area (Å²) in [6, 6.07) is 12.3. The number of ether oxygens (including phenoxy) is 2. The van der Waals surface area contributed by atoms with Crippen LogP contribution in [0.5, 0.6) is 11.5 Å². The molecule has 0 atom stereocenters. The van der Waals surface area contributed by atoms with Gasteiger partial charge in [-0.25, -0.2) is 0 Å². The Morgan fingerprint density at radius 3 is 2.44 bits per heavy atom. The summed E-state index contributed by atoms with van der Waals surface area (Å²) >= 11 is 3.39. The minimum absolute atomic E-state index is 0.197. The molecule has 0 saturated heterocycles. The number of carbonyl (C=O) groups excluding carboxylic acids is 2. The molecule has 0 bridgehead atoms. The maximum Gasteiger partial charge on any atom is 0.276 e. The number of hydrazine groups is 1. The fourth-order valence-corrected chi connectivity index (χ4v) is 2.60. The number of rotatable bonds is 8. The third-order valence-corrected chi connectivity index (χ3v) is 4.28. The standard InChI is InChI=1S/C20H23BrN2O4/c1-3-4-11-26-18-10-7-15(12-17(18)21)20(25)23-22-19(24)13-27-16-8-5-14(2)6-9-16/h5-10,12H,3-4,11,13H2,1-2H3,(H,22,24)(H,23,25). The van der Waals surface area contributed by atoms with E-state index >= 15 is 0 Å². The van der Waals surface area contributed by atoms with Gasteiger partial charge in [0.05, 0.1) is 11.1 Å². The molecule has 2 N–H and O–H groups in total. The zero-order chi connectivity index (χ0) is 19.6. The molecule has 7 heteroatoms. The molecule has 0 aliphatic rings. The number of amides is 2. The highest BCUT2D eigenvalue weighted by Gasteiger charge is 2.11. The zero-order valence-electron chi connectivity index (χ0n) is 15.4. The van der Waals surface area contributed by atoms with Crippen molar-refractivity contribution in [3.05, 3.63) is 58.1 Å². The van der Waals surface area contributed by atoms with Gasteiger partial charge in [0.2, 0.25) is 0 Å². The molecule has 0 aliphatic heterocycles. The summed E-state index contributed by atoms with van der Waals surface area (Å²) in [5.74, 6) is 0.377. The smallest absolute Gasteiger partial charge is 0.276 e. The van der Waals surface area contributed by atoms with Crippen molar-refractivity contribution in [1.82, 2.24) is 10.9 Å². The first-order chi connectivity index (χ1) is 13.0. The van der Waals surface area contributed by atoms with Crippen LogP contribution in [0.4, 0.5) is 0 Å². The van der Waals surface area contributed by atoms with E-state index in [2.05, 4.69) is 33.7 Å². The van der Waals surface area contributed by atoms with Crippen molar-refractivity contribution in [2.75, 3.05) is 13.2 Å². The van der Waals surface area contributed by atoms with Gasteiger partial charge in [-0.1, -0.05) is 31.0 Å². The molecule has 0 fully saturated rings. The van der Waals surface area contributed by atoms with Crippen LogP contribution in [0.3, 0.4) is 0 Å². The van der Waals surface area contributed by atoms with Crippen LogP contribution in [0.25, 0.3) is 0 Å². The Labute approximate surface area is 167 Å². The van der Waals surface area contributed by atoms with Gasteiger partial charge in [-0.3, -0.25) is 20.4 Å². The lowest BCUT2D eigenvalue weighted by Crippen LogP contribution is -2.43. The molecule has 144 valence electrons. The molecule has 0 radical (unpaired) electrons. The molecule has 2 rings (SSSR count). The highest BCUT2D eigenvalue weighted by Crippen LogP contribution is 2.26. The first-order valence-corrected chi connectivity index (χ1v) is 9.50. The highest BCUT2D eigenvalue weighted by molar-refractivity contribution is 9.10. The molecule has 0 aromatic heterocycles. The summed E-state index contributed by atoms with van der Waals surface area (Å²) < 4.78 is 11.7. The summed E-state index contributed by atoms with van der Waals surface area (Å²) in [4.78, 5) is 24.0. The summed E-state index contributed by atoms with van der Waals surface area (Å²) in [7, 11) is 0. The third-order valence-electron chi connectivity index (χ3n) is 3.66. The molecule has 0 heterocycles. The molecule has 2 amide bonds. The minimum atomic E-state index is -0.456. The number of unbranched alkanes of at least 4 members (excludes halogenated alkanes) is 1. The number of carbonyl (C=O) groups is 2. The van der Waals surface area contributed by atoms with E-state index in [0.717, 1.165) is 18.4 Å². The van der Waals surface area contributed by atoms with Crippen molar-refractivity contribution < 1.29 is 19.1 Å². The molecule has 0 saturated carbocycles. The molecule has 27 heavy (non-hydrogen) atoms. The van der Waals surface area contributed by atoms with E-state index in [4.69, 9.17) is 9.47 Å². The van der Waals surface area contributed by atoms with Crippen LogP contribution in [0.2, 0.25) is 0 Å².